The van der Waals surface area contributed by atoms with E-state index in [4.69, 9.17) is 10.5 Å². The first kappa shape index (κ1) is 25.9. The first-order valence-electron chi connectivity index (χ1n) is 13.8. The summed E-state index contributed by atoms with van der Waals surface area (Å²) >= 11 is 0. The van der Waals surface area contributed by atoms with Gasteiger partial charge in [0.05, 0.1) is 12.7 Å². The molecule has 1 heterocycles. The lowest BCUT2D eigenvalue weighted by molar-refractivity contribution is 0.0600. The number of allylic oxidation sites excluding steroid dienone is 2. The van der Waals surface area contributed by atoms with Gasteiger partial charge in [0, 0.05) is 41.9 Å². The molecule has 0 spiro atoms. The fourth-order valence-corrected chi connectivity index (χ4v) is 7.55. The minimum Gasteiger partial charge on any atom is -0.465 e. The van der Waals surface area contributed by atoms with Gasteiger partial charge in [-0.3, -0.25) is 4.90 Å². The molecule has 2 N–H and O–H groups in total. The zero-order valence-electron chi connectivity index (χ0n) is 22.9. The van der Waals surface area contributed by atoms with Gasteiger partial charge in [0.25, 0.3) is 0 Å². The van der Waals surface area contributed by atoms with E-state index < -0.39 is 0 Å². The van der Waals surface area contributed by atoms with Crippen LogP contribution in [0.15, 0.2) is 72.3 Å². The number of hydrogen-bond donors (Lipinski definition) is 1. The number of nitrogens with two attached hydrogens (primary N) is 1. The molecule has 37 heavy (non-hydrogen) atoms. The molecule has 2 aromatic carbocycles. The molecule has 0 amide bonds. The van der Waals surface area contributed by atoms with E-state index in [-0.39, 0.29) is 22.2 Å². The number of benzene rings is 2. The summed E-state index contributed by atoms with van der Waals surface area (Å²) in [5.41, 5.74) is 12.7. The molecule has 0 aromatic heterocycles. The van der Waals surface area contributed by atoms with E-state index in [9.17, 15) is 4.79 Å². The molecule has 1 aliphatic heterocycles. The number of esters is 1. The van der Waals surface area contributed by atoms with Gasteiger partial charge in [0.2, 0.25) is 0 Å². The molecular formula is C33H42N2O2. The van der Waals surface area contributed by atoms with Crippen LogP contribution in [0.2, 0.25) is 0 Å². The number of carbonyl (C=O) groups is 1. The lowest BCUT2D eigenvalue weighted by Gasteiger charge is -2.53. The second-order valence-corrected chi connectivity index (χ2v) is 12.2. The van der Waals surface area contributed by atoms with Crippen LogP contribution in [-0.4, -0.2) is 43.7 Å². The SMILES string of the molecule is COC(=O)c1ccc(C2=CC[C@]3(C)CN(C4CCC(CN)(c5ccccc5)CC4)CC=C3C2(C)C)cc1. The van der Waals surface area contributed by atoms with Crippen molar-refractivity contribution >= 4 is 11.5 Å². The molecule has 0 bridgehead atoms. The van der Waals surface area contributed by atoms with Crippen molar-refractivity contribution in [1.82, 2.24) is 4.90 Å². The summed E-state index contributed by atoms with van der Waals surface area (Å²) in [5, 5.41) is 0. The third-order valence-corrected chi connectivity index (χ3v) is 9.66. The Morgan fingerprint density at radius 3 is 2.30 bits per heavy atom. The number of carbonyl (C=O) groups excluding carboxylic acids is 1. The minimum absolute atomic E-state index is 0.0551. The van der Waals surface area contributed by atoms with E-state index in [2.05, 4.69) is 80.3 Å². The predicted molar refractivity (Wildman–Crippen MR) is 151 cm³/mol. The summed E-state index contributed by atoms with van der Waals surface area (Å²) in [6.45, 7) is 10.0. The molecule has 0 radical (unpaired) electrons. The molecule has 196 valence electrons. The van der Waals surface area contributed by atoms with Crippen molar-refractivity contribution in [2.45, 2.75) is 64.3 Å². The zero-order valence-corrected chi connectivity index (χ0v) is 22.9. The van der Waals surface area contributed by atoms with Gasteiger partial charge in [-0.2, -0.15) is 0 Å². The third-order valence-electron chi connectivity index (χ3n) is 9.66. The van der Waals surface area contributed by atoms with Crippen LogP contribution in [-0.2, 0) is 10.2 Å². The van der Waals surface area contributed by atoms with Crippen LogP contribution in [0.5, 0.6) is 0 Å². The van der Waals surface area contributed by atoms with Gasteiger partial charge in [-0.05, 0) is 60.9 Å². The van der Waals surface area contributed by atoms with Crippen LogP contribution in [0.4, 0.5) is 0 Å². The van der Waals surface area contributed by atoms with E-state index in [1.165, 1.54) is 49.5 Å². The van der Waals surface area contributed by atoms with E-state index >= 15 is 0 Å². The van der Waals surface area contributed by atoms with Crippen LogP contribution in [0.1, 0.15) is 74.4 Å². The van der Waals surface area contributed by atoms with Gasteiger partial charge in [-0.25, -0.2) is 4.79 Å². The van der Waals surface area contributed by atoms with Gasteiger partial charge >= 0.3 is 5.97 Å². The summed E-state index contributed by atoms with van der Waals surface area (Å²) in [6.07, 6.45) is 10.8. The van der Waals surface area contributed by atoms with Crippen LogP contribution in [0, 0.1) is 10.8 Å². The summed E-state index contributed by atoms with van der Waals surface area (Å²) in [5.74, 6) is -0.290. The Kier molecular flexibility index (Phi) is 6.93. The smallest absolute Gasteiger partial charge is 0.337 e. The minimum atomic E-state index is -0.290. The van der Waals surface area contributed by atoms with Crippen LogP contribution >= 0.6 is 0 Å². The highest BCUT2D eigenvalue weighted by Crippen LogP contribution is 2.56. The Hall–Kier alpha value is -2.69. The summed E-state index contributed by atoms with van der Waals surface area (Å²) < 4.78 is 4.87. The van der Waals surface area contributed by atoms with Crippen molar-refractivity contribution < 1.29 is 9.53 Å². The predicted octanol–water partition coefficient (Wildman–Crippen LogP) is 6.37. The molecule has 2 aliphatic carbocycles. The summed E-state index contributed by atoms with van der Waals surface area (Å²) in [4.78, 5) is 14.6. The Labute approximate surface area is 222 Å². The van der Waals surface area contributed by atoms with E-state index in [1.807, 2.05) is 12.1 Å². The average Bonchev–Trinajstić information content (AvgIpc) is 2.93. The Balaban J connectivity index is 1.31. The number of ether oxygens (including phenoxy) is 1. The number of nitrogens with zero attached hydrogens (tertiary/aromatic N) is 1. The number of hydrogen-bond acceptors (Lipinski definition) is 4. The zero-order chi connectivity index (χ0) is 26.3. The number of rotatable bonds is 5. The fourth-order valence-electron chi connectivity index (χ4n) is 7.55. The van der Waals surface area contributed by atoms with Gasteiger partial charge in [-0.1, -0.05) is 81.0 Å². The average molecular weight is 499 g/mol. The lowest BCUT2D eigenvalue weighted by atomic mass is 9.58. The van der Waals surface area contributed by atoms with E-state index in [0.29, 0.717) is 11.6 Å². The first-order chi connectivity index (χ1) is 17.7. The van der Waals surface area contributed by atoms with Gasteiger partial charge in [-0.15, -0.1) is 0 Å². The molecular weight excluding hydrogens is 456 g/mol. The number of fused-ring (bicyclic) bond motifs is 1. The van der Waals surface area contributed by atoms with Crippen LogP contribution < -0.4 is 5.73 Å². The van der Waals surface area contributed by atoms with E-state index in [0.717, 1.165) is 26.1 Å². The highest BCUT2D eigenvalue weighted by molar-refractivity contribution is 5.90. The quantitative estimate of drug-likeness (QED) is 0.384. The normalized spacial score (nSPS) is 29.6. The monoisotopic (exact) mass is 498 g/mol. The maximum atomic E-state index is 11.9. The molecule has 5 rings (SSSR count). The summed E-state index contributed by atoms with van der Waals surface area (Å²) in [7, 11) is 1.42. The van der Waals surface area contributed by atoms with Crippen LogP contribution in [0.25, 0.3) is 5.57 Å². The Morgan fingerprint density at radius 2 is 1.68 bits per heavy atom. The lowest BCUT2D eigenvalue weighted by Crippen LogP contribution is -2.52. The molecule has 4 heteroatoms. The maximum Gasteiger partial charge on any atom is 0.337 e. The Bertz CT molecular complexity index is 1190. The number of methoxy groups -OCH3 is 1. The van der Waals surface area contributed by atoms with Gasteiger partial charge < -0.3 is 10.5 Å². The second-order valence-electron chi connectivity index (χ2n) is 12.2. The molecule has 4 nitrogen and oxygen atoms in total. The molecule has 2 aromatic rings. The highest BCUT2D eigenvalue weighted by Gasteiger charge is 2.47. The topological polar surface area (TPSA) is 55.6 Å². The van der Waals surface area contributed by atoms with Crippen LogP contribution in [0.3, 0.4) is 0 Å². The van der Waals surface area contributed by atoms with Crippen molar-refractivity contribution in [2.75, 3.05) is 26.7 Å². The molecule has 1 saturated carbocycles. The van der Waals surface area contributed by atoms with E-state index in [1.54, 1.807) is 5.57 Å². The maximum absolute atomic E-state index is 11.9. The fraction of sp³-hybridized carbons (Fsp3) is 0.485. The first-order valence-corrected chi connectivity index (χ1v) is 13.8. The molecule has 1 fully saturated rings. The van der Waals surface area contributed by atoms with Crippen molar-refractivity contribution in [3.05, 3.63) is 89.0 Å². The molecule has 0 saturated heterocycles. The third kappa shape index (κ3) is 4.59. The van der Waals surface area contributed by atoms with Gasteiger partial charge in [0.15, 0.2) is 0 Å². The molecule has 0 unspecified atom stereocenters. The largest absolute Gasteiger partial charge is 0.465 e. The van der Waals surface area contributed by atoms with Crippen molar-refractivity contribution in [3.63, 3.8) is 0 Å². The summed E-state index contributed by atoms with van der Waals surface area (Å²) in [6, 6.07) is 19.4. The van der Waals surface area contributed by atoms with Gasteiger partial charge in [0.1, 0.15) is 0 Å². The van der Waals surface area contributed by atoms with Crippen molar-refractivity contribution in [1.29, 1.82) is 0 Å². The van der Waals surface area contributed by atoms with Crippen molar-refractivity contribution in [3.8, 4) is 0 Å². The molecule has 1 atom stereocenters. The molecule has 3 aliphatic rings. The highest BCUT2D eigenvalue weighted by atomic mass is 16.5. The second kappa shape index (κ2) is 9.89. The van der Waals surface area contributed by atoms with Crippen molar-refractivity contribution in [2.24, 2.45) is 16.6 Å². The standard InChI is InChI=1S/C33H42N2O2/c1-31(2)28(24-10-12-25(13-11-24)30(36)37-4)16-18-32(3)23-35(21-17-29(31)32)27-14-19-33(22-34,20-15-27)26-8-6-5-7-9-26/h5-13,16-17,27H,14-15,18-23,34H2,1-4H3/t27?,32-,33?/m1/s1. The Morgan fingerprint density at radius 1 is 1.00 bits per heavy atom.